The van der Waals surface area contributed by atoms with E-state index in [0.29, 0.717) is 22.8 Å². The van der Waals surface area contributed by atoms with Crippen molar-refractivity contribution in [1.82, 2.24) is 9.97 Å². The monoisotopic (exact) mass is 479 g/mol. The van der Waals surface area contributed by atoms with Crippen LogP contribution in [0.15, 0.2) is 30.3 Å². The van der Waals surface area contributed by atoms with Gasteiger partial charge in [0.05, 0.1) is 30.0 Å². The van der Waals surface area contributed by atoms with Crippen LogP contribution in [0.5, 0.6) is 0 Å². The minimum absolute atomic E-state index is 0.0330. The van der Waals surface area contributed by atoms with Gasteiger partial charge in [-0.15, -0.1) is 0 Å². The number of aliphatic hydroxyl groups is 2. The predicted molar refractivity (Wildman–Crippen MR) is 133 cm³/mol. The highest BCUT2D eigenvalue weighted by Gasteiger charge is 2.19. The maximum Gasteiger partial charge on any atom is 0.305 e. The number of aromatic nitrogens is 2. The number of carboxylic acids is 1. The van der Waals surface area contributed by atoms with E-state index >= 15 is 0 Å². The van der Waals surface area contributed by atoms with Crippen molar-refractivity contribution in [3.05, 3.63) is 47.4 Å². The topological polar surface area (TPSA) is 107 Å². The summed E-state index contributed by atoms with van der Waals surface area (Å²) < 4.78 is 15.3. The van der Waals surface area contributed by atoms with E-state index in [0.717, 1.165) is 5.69 Å². The van der Waals surface area contributed by atoms with E-state index in [1.807, 2.05) is 45.3 Å². The zero-order valence-corrected chi connectivity index (χ0v) is 20.8. The van der Waals surface area contributed by atoms with Gasteiger partial charge in [-0.25, -0.2) is 14.4 Å². The van der Waals surface area contributed by atoms with Crippen molar-refractivity contribution >= 4 is 29.9 Å². The van der Waals surface area contributed by atoms with Crippen molar-refractivity contribution in [2.75, 3.05) is 17.6 Å². The molecule has 2 rings (SSSR count). The zero-order valence-electron chi connectivity index (χ0n) is 20.0. The molecule has 0 aliphatic heterocycles. The van der Waals surface area contributed by atoms with Crippen LogP contribution in [0.1, 0.15) is 57.7 Å². The summed E-state index contributed by atoms with van der Waals surface area (Å²) in [7, 11) is 1.85. The molecule has 0 saturated heterocycles. The third kappa shape index (κ3) is 8.75. The first-order chi connectivity index (χ1) is 15.6. The van der Waals surface area contributed by atoms with Crippen LogP contribution in [0.3, 0.4) is 0 Å². The molecular weight excluding hydrogens is 445 g/mol. The predicted octanol–water partition coefficient (Wildman–Crippen LogP) is 4.75. The van der Waals surface area contributed by atoms with Crippen molar-refractivity contribution in [2.45, 2.75) is 58.7 Å². The van der Waals surface area contributed by atoms with E-state index in [4.69, 9.17) is 5.11 Å². The van der Waals surface area contributed by atoms with E-state index in [-0.39, 0.29) is 18.2 Å². The van der Waals surface area contributed by atoms with Crippen molar-refractivity contribution in [3.8, 4) is 11.3 Å². The average molecular weight is 480 g/mol. The molecule has 2 aromatic rings. The summed E-state index contributed by atoms with van der Waals surface area (Å²) in [6, 6.07) is 5.98. The molecular formula is C24H34FN3O4S. The van der Waals surface area contributed by atoms with Gasteiger partial charge in [-0.2, -0.15) is 0 Å². The highest BCUT2D eigenvalue weighted by atomic mass is 32.2. The molecule has 9 heteroatoms. The largest absolute Gasteiger partial charge is 0.481 e. The van der Waals surface area contributed by atoms with Gasteiger partial charge in [-0.1, -0.05) is 51.8 Å². The molecule has 182 valence electrons. The van der Waals surface area contributed by atoms with Gasteiger partial charge < -0.3 is 15.3 Å². The molecule has 1 heterocycles. The minimum atomic E-state index is -1.16. The van der Waals surface area contributed by atoms with Crippen molar-refractivity contribution in [1.29, 1.82) is 0 Å². The van der Waals surface area contributed by atoms with Gasteiger partial charge in [-0.05, 0) is 30.2 Å². The lowest BCUT2D eigenvalue weighted by Crippen LogP contribution is -2.19. The average Bonchev–Trinajstić information content (AvgIpc) is 2.77. The lowest BCUT2D eigenvalue weighted by atomic mass is 9.97. The molecule has 0 aliphatic carbocycles. The molecule has 2 atom stereocenters. The molecule has 0 spiro atoms. The number of nitrogens with zero attached hydrogens (tertiary/aromatic N) is 3. The van der Waals surface area contributed by atoms with Crippen LogP contribution in [0.4, 0.5) is 10.3 Å². The summed E-state index contributed by atoms with van der Waals surface area (Å²) in [6.07, 6.45) is 2.30. The highest BCUT2D eigenvalue weighted by Crippen LogP contribution is 2.32. The van der Waals surface area contributed by atoms with Gasteiger partial charge in [0.25, 0.3) is 0 Å². The molecule has 1 aromatic carbocycles. The second kappa shape index (κ2) is 13.9. The molecule has 0 bridgehead atoms. The number of carbonyl (C=O) groups is 1. The quantitative estimate of drug-likeness (QED) is 0.419. The van der Waals surface area contributed by atoms with Crippen LogP contribution in [-0.2, 0) is 4.79 Å². The fraction of sp³-hybridized carbons (Fsp3) is 0.458. The lowest BCUT2D eigenvalue weighted by molar-refractivity contribution is -0.139. The molecule has 0 amide bonds. The fourth-order valence-electron chi connectivity index (χ4n) is 2.98. The molecule has 0 saturated carbocycles. The number of carboxylic acid groups (broad SMARTS) is 1. The molecule has 0 aliphatic rings. The number of hydrogen-bond donors (Lipinski definition) is 3. The minimum Gasteiger partial charge on any atom is -0.481 e. The van der Waals surface area contributed by atoms with Gasteiger partial charge in [0, 0.05) is 30.9 Å². The SMILES string of the molecule is CC.CSN(C)c1nc(-c2ccc(F)cc2)c(/C=C/C(O)CC(O)CC(=O)O)c(C(C)C)n1. The Morgan fingerprint density at radius 1 is 1.18 bits per heavy atom. The highest BCUT2D eigenvalue weighted by molar-refractivity contribution is 7.99. The number of hydrogen-bond acceptors (Lipinski definition) is 7. The first-order valence-electron chi connectivity index (χ1n) is 10.8. The molecule has 7 nitrogen and oxygen atoms in total. The Hall–Kier alpha value is -2.49. The summed E-state index contributed by atoms with van der Waals surface area (Å²) in [4.78, 5) is 20.1. The maximum absolute atomic E-state index is 13.5. The van der Waals surface area contributed by atoms with Gasteiger partial charge in [0.2, 0.25) is 5.95 Å². The Labute approximate surface area is 199 Å². The Bertz CT molecular complexity index is 923. The van der Waals surface area contributed by atoms with E-state index in [1.165, 1.54) is 30.2 Å². The number of aliphatic carboxylic acids is 1. The summed E-state index contributed by atoms with van der Waals surface area (Å²) in [5.74, 6) is -0.953. The number of benzene rings is 1. The number of aliphatic hydroxyl groups excluding tert-OH is 2. The summed E-state index contributed by atoms with van der Waals surface area (Å²) in [5.41, 5.74) is 2.71. The smallest absolute Gasteiger partial charge is 0.305 e. The first kappa shape index (κ1) is 28.5. The van der Waals surface area contributed by atoms with Crippen molar-refractivity contribution in [2.24, 2.45) is 0 Å². The van der Waals surface area contributed by atoms with Crippen LogP contribution in [0.2, 0.25) is 0 Å². The molecule has 2 unspecified atom stereocenters. The second-order valence-electron chi connectivity index (χ2n) is 7.43. The Balaban J connectivity index is 0.00000265. The lowest BCUT2D eigenvalue weighted by Gasteiger charge is -2.20. The van der Waals surface area contributed by atoms with Crippen LogP contribution in [-0.4, -0.2) is 56.8 Å². The van der Waals surface area contributed by atoms with E-state index in [1.54, 1.807) is 18.2 Å². The maximum atomic E-state index is 13.5. The van der Waals surface area contributed by atoms with E-state index in [2.05, 4.69) is 9.97 Å². The summed E-state index contributed by atoms with van der Waals surface area (Å²) in [6.45, 7) is 7.98. The van der Waals surface area contributed by atoms with Crippen LogP contribution < -0.4 is 4.31 Å². The van der Waals surface area contributed by atoms with Gasteiger partial charge in [0.15, 0.2) is 0 Å². The number of anilines is 1. The van der Waals surface area contributed by atoms with Crippen LogP contribution in [0, 0.1) is 5.82 Å². The summed E-state index contributed by atoms with van der Waals surface area (Å²) >= 11 is 1.45. The van der Waals surface area contributed by atoms with Gasteiger partial charge in [-0.3, -0.25) is 9.10 Å². The molecule has 1 aromatic heterocycles. The molecule has 33 heavy (non-hydrogen) atoms. The normalized spacial score (nSPS) is 12.9. The Kier molecular flexibility index (Phi) is 12.0. The molecule has 3 N–H and O–H groups in total. The van der Waals surface area contributed by atoms with Crippen molar-refractivity contribution < 1.29 is 24.5 Å². The Morgan fingerprint density at radius 3 is 2.30 bits per heavy atom. The second-order valence-corrected chi connectivity index (χ2v) is 8.34. The number of halogens is 1. The van der Waals surface area contributed by atoms with E-state index < -0.39 is 24.6 Å². The van der Waals surface area contributed by atoms with Gasteiger partial charge >= 0.3 is 5.97 Å². The number of rotatable bonds is 10. The first-order valence-corrected chi connectivity index (χ1v) is 12.0. The van der Waals surface area contributed by atoms with E-state index in [9.17, 15) is 19.4 Å². The van der Waals surface area contributed by atoms with Crippen molar-refractivity contribution in [3.63, 3.8) is 0 Å². The zero-order chi connectivity index (χ0) is 25.1. The third-order valence-electron chi connectivity index (χ3n) is 4.59. The van der Waals surface area contributed by atoms with Crippen LogP contribution in [0.25, 0.3) is 17.3 Å². The van der Waals surface area contributed by atoms with Gasteiger partial charge in [0.1, 0.15) is 5.82 Å². The fourth-order valence-corrected chi connectivity index (χ4v) is 3.22. The standard InChI is InChI=1S/C22H28FN3O4S.C2H6/c1-13(2)20-18(10-9-16(27)11-17(28)12-19(29)30)21(14-5-7-15(23)8-6-14)25-22(24-20)26(3)31-4;1-2/h5-10,13,16-17,27-28H,11-12H2,1-4H3,(H,29,30);1-2H3/b10-9+;. The Morgan fingerprint density at radius 2 is 1.79 bits per heavy atom. The third-order valence-corrected chi connectivity index (χ3v) is 5.30. The molecule has 0 fully saturated rings. The molecule has 0 radical (unpaired) electrons. The summed E-state index contributed by atoms with van der Waals surface area (Å²) in [5, 5.41) is 28.8. The van der Waals surface area contributed by atoms with Crippen LogP contribution >= 0.6 is 11.9 Å².